The molecule has 1 aromatic carbocycles. The van der Waals surface area contributed by atoms with E-state index in [1.165, 1.54) is 48.4 Å². The number of hydrogen-bond acceptors (Lipinski definition) is 3. The van der Waals surface area contributed by atoms with Gasteiger partial charge in [0.2, 0.25) is 5.65 Å². The standard InChI is InChI=1S/C23H25N7/c24-17-5-2-7-23(17)8-12-28(13-9-23)22-26-20-18(21-25-10-14-29(21)22)16-4-1-3-15-6-11-30(27-20)19(15)16/h1,3-4,6,10-11,14,17H,2,5,7-9,12-13,24H2,(H,25,27)/p+1/t17-/m1/s1. The average molecular weight is 401 g/mol. The fraction of sp³-hybridized carbons (Fsp3) is 0.391. The van der Waals surface area contributed by atoms with Crippen molar-refractivity contribution >= 4 is 38.9 Å². The van der Waals surface area contributed by atoms with Crippen LogP contribution in [0.4, 0.5) is 5.95 Å². The molecule has 5 heterocycles. The number of benzene rings is 1. The van der Waals surface area contributed by atoms with Crippen LogP contribution in [0, 0.1) is 5.41 Å². The van der Waals surface area contributed by atoms with Crippen molar-refractivity contribution in [3.63, 3.8) is 0 Å². The summed E-state index contributed by atoms with van der Waals surface area (Å²) >= 11 is 0. The van der Waals surface area contributed by atoms with E-state index in [9.17, 15) is 0 Å². The minimum atomic E-state index is 0.354. The van der Waals surface area contributed by atoms with Gasteiger partial charge in [0.25, 0.3) is 0 Å². The van der Waals surface area contributed by atoms with Crippen LogP contribution in [0.2, 0.25) is 0 Å². The summed E-state index contributed by atoms with van der Waals surface area (Å²) in [7, 11) is 0. The minimum absolute atomic E-state index is 0.354. The van der Waals surface area contributed by atoms with Crippen LogP contribution in [0.25, 0.3) is 33.0 Å². The monoisotopic (exact) mass is 400 g/mol. The first-order chi connectivity index (χ1) is 14.7. The van der Waals surface area contributed by atoms with E-state index >= 15 is 0 Å². The highest BCUT2D eigenvalue weighted by molar-refractivity contribution is 6.13. The third-order valence-electron chi connectivity index (χ3n) is 7.83. The van der Waals surface area contributed by atoms with Crippen LogP contribution in [0.3, 0.4) is 0 Å². The number of anilines is 1. The summed E-state index contributed by atoms with van der Waals surface area (Å²) in [6, 6.07) is 8.98. The van der Waals surface area contributed by atoms with Gasteiger partial charge in [0.1, 0.15) is 11.6 Å². The first kappa shape index (κ1) is 16.7. The van der Waals surface area contributed by atoms with E-state index in [1.54, 1.807) is 0 Å². The lowest BCUT2D eigenvalue weighted by atomic mass is 9.74. The summed E-state index contributed by atoms with van der Waals surface area (Å²) in [5.74, 6) is 1.10. The fourth-order valence-corrected chi connectivity index (χ4v) is 6.14. The van der Waals surface area contributed by atoms with Crippen molar-refractivity contribution in [2.24, 2.45) is 11.1 Å². The Bertz CT molecular complexity index is 1410. The Hall–Kier alpha value is -3.06. The van der Waals surface area contributed by atoms with E-state index in [-0.39, 0.29) is 0 Å². The lowest BCUT2D eigenvalue weighted by molar-refractivity contribution is -0.498. The van der Waals surface area contributed by atoms with Crippen LogP contribution in [-0.2, 0) is 0 Å². The third kappa shape index (κ3) is 2.08. The molecule has 1 saturated heterocycles. The number of aromatic nitrogens is 5. The highest BCUT2D eigenvalue weighted by Crippen LogP contribution is 2.45. The van der Waals surface area contributed by atoms with Gasteiger partial charge in [0.15, 0.2) is 5.65 Å². The molecule has 7 nitrogen and oxygen atoms in total. The van der Waals surface area contributed by atoms with Crippen LogP contribution in [0.1, 0.15) is 32.1 Å². The number of fused-ring (bicyclic) bond motifs is 4. The predicted molar refractivity (Wildman–Crippen MR) is 118 cm³/mol. The second-order valence-electron chi connectivity index (χ2n) is 9.21. The van der Waals surface area contributed by atoms with Crippen molar-refractivity contribution in [1.29, 1.82) is 0 Å². The molecule has 1 atom stereocenters. The molecule has 5 aromatic rings. The molecular formula is C23H26N7+. The molecule has 1 aliphatic heterocycles. The molecule has 4 aromatic heterocycles. The van der Waals surface area contributed by atoms with Crippen LogP contribution in [0.5, 0.6) is 0 Å². The molecule has 7 rings (SSSR count). The Balaban J connectivity index is 1.41. The molecule has 1 saturated carbocycles. The maximum absolute atomic E-state index is 6.51. The van der Waals surface area contributed by atoms with Crippen LogP contribution >= 0.6 is 0 Å². The number of imidazole rings is 1. The average Bonchev–Trinajstić information content (AvgIpc) is 3.49. The SMILES string of the molecule is N[C@@H]1CCCC12CCN(c1[nH]c3[nH]n4ccc5cccc(c3c3ncc[n+]13)c54)CC2. The first-order valence-corrected chi connectivity index (χ1v) is 11.0. The Labute approximate surface area is 173 Å². The lowest BCUT2D eigenvalue weighted by Gasteiger charge is -2.40. The molecule has 0 unspecified atom stereocenters. The zero-order chi connectivity index (χ0) is 19.9. The molecule has 4 N–H and O–H groups in total. The Morgan fingerprint density at radius 3 is 2.90 bits per heavy atom. The molecule has 1 spiro atoms. The Morgan fingerprint density at radius 1 is 1.17 bits per heavy atom. The van der Waals surface area contributed by atoms with Gasteiger partial charge in [0, 0.05) is 23.0 Å². The Kier molecular flexibility index (Phi) is 3.21. The van der Waals surface area contributed by atoms with Gasteiger partial charge in [-0.05, 0) is 37.2 Å². The van der Waals surface area contributed by atoms with Gasteiger partial charge in [-0.25, -0.2) is 4.98 Å². The van der Waals surface area contributed by atoms with E-state index in [1.807, 2.05) is 6.20 Å². The quantitative estimate of drug-likeness (QED) is 0.299. The van der Waals surface area contributed by atoms with Gasteiger partial charge in [-0.15, -0.1) is 4.98 Å². The fourth-order valence-electron chi connectivity index (χ4n) is 6.14. The molecule has 2 fully saturated rings. The molecule has 7 heteroatoms. The number of nitrogens with two attached hydrogens (primary N) is 1. The van der Waals surface area contributed by atoms with Gasteiger partial charge in [-0.2, -0.15) is 4.40 Å². The van der Waals surface area contributed by atoms with Crippen LogP contribution in [-0.4, -0.2) is 38.7 Å². The maximum Gasteiger partial charge on any atom is 0.322 e. The van der Waals surface area contributed by atoms with Crippen molar-refractivity contribution in [3.8, 4) is 0 Å². The van der Waals surface area contributed by atoms with Crippen molar-refractivity contribution < 1.29 is 4.40 Å². The smallest absolute Gasteiger partial charge is 0.322 e. The summed E-state index contributed by atoms with van der Waals surface area (Å²) in [5, 5.41) is 7.13. The molecule has 2 aliphatic rings. The summed E-state index contributed by atoms with van der Waals surface area (Å²) in [5.41, 5.74) is 10.1. The highest BCUT2D eigenvalue weighted by Gasteiger charge is 2.44. The second kappa shape index (κ2) is 5.76. The molecule has 1 aliphatic carbocycles. The zero-order valence-corrected chi connectivity index (χ0v) is 16.9. The second-order valence-corrected chi connectivity index (χ2v) is 9.21. The van der Waals surface area contributed by atoms with E-state index < -0.39 is 0 Å². The molecule has 0 bridgehead atoms. The van der Waals surface area contributed by atoms with Crippen molar-refractivity contribution in [2.45, 2.75) is 38.1 Å². The number of H-pyrrole nitrogens is 2. The molecule has 30 heavy (non-hydrogen) atoms. The lowest BCUT2D eigenvalue weighted by Crippen LogP contribution is -2.49. The number of nitrogens with one attached hydrogen (secondary N) is 2. The summed E-state index contributed by atoms with van der Waals surface area (Å²) in [4.78, 5) is 10.9. The zero-order valence-electron chi connectivity index (χ0n) is 16.9. The highest BCUT2D eigenvalue weighted by atomic mass is 15.3. The van der Waals surface area contributed by atoms with Gasteiger partial charge >= 0.3 is 5.95 Å². The molecular weight excluding hydrogens is 374 g/mol. The van der Waals surface area contributed by atoms with Gasteiger partial charge < -0.3 is 5.73 Å². The number of piperidine rings is 1. The molecule has 152 valence electrons. The third-order valence-corrected chi connectivity index (χ3v) is 7.83. The van der Waals surface area contributed by atoms with Crippen molar-refractivity contribution in [1.82, 2.24) is 19.6 Å². The van der Waals surface area contributed by atoms with Gasteiger partial charge in [-0.1, -0.05) is 24.6 Å². The van der Waals surface area contributed by atoms with Crippen LogP contribution in [0.15, 0.2) is 42.9 Å². The summed E-state index contributed by atoms with van der Waals surface area (Å²) in [6.45, 7) is 2.06. The van der Waals surface area contributed by atoms with Gasteiger partial charge in [-0.3, -0.25) is 14.5 Å². The molecule has 0 amide bonds. The normalized spacial score (nSPS) is 21.8. The van der Waals surface area contributed by atoms with E-state index in [4.69, 9.17) is 10.7 Å². The van der Waals surface area contributed by atoms with E-state index in [0.29, 0.717) is 11.5 Å². The molecule has 0 radical (unpaired) electrons. The first-order valence-electron chi connectivity index (χ1n) is 11.0. The maximum atomic E-state index is 6.51. The minimum Gasteiger partial charge on any atom is -0.327 e. The van der Waals surface area contributed by atoms with Crippen LogP contribution < -0.4 is 15.0 Å². The number of aromatic amines is 2. The van der Waals surface area contributed by atoms with Crippen molar-refractivity contribution in [2.75, 3.05) is 18.0 Å². The number of para-hydroxylation sites is 1. The van der Waals surface area contributed by atoms with Gasteiger partial charge in [0.05, 0.1) is 24.8 Å². The number of hydrogen-bond donors (Lipinski definition) is 3. The van der Waals surface area contributed by atoms with E-state index in [2.05, 4.69) is 60.6 Å². The number of rotatable bonds is 1. The number of nitrogens with zero attached hydrogens (tertiary/aromatic N) is 4. The Morgan fingerprint density at radius 2 is 2.07 bits per heavy atom. The predicted octanol–water partition coefficient (Wildman–Crippen LogP) is 3.13. The topological polar surface area (TPSA) is 82.2 Å². The largest absolute Gasteiger partial charge is 0.327 e. The van der Waals surface area contributed by atoms with Crippen molar-refractivity contribution in [3.05, 3.63) is 42.9 Å². The summed E-state index contributed by atoms with van der Waals surface area (Å²) < 4.78 is 4.32. The summed E-state index contributed by atoms with van der Waals surface area (Å²) in [6.07, 6.45) is 12.2. The van der Waals surface area contributed by atoms with E-state index in [0.717, 1.165) is 35.7 Å².